The second-order valence-electron chi connectivity index (χ2n) is 3.69. The van der Waals surface area contributed by atoms with Crippen LogP contribution in [0.25, 0.3) is 0 Å². The molecule has 0 saturated heterocycles. The highest BCUT2D eigenvalue weighted by atomic mass is 35.5. The largest absolute Gasteiger partial charge is 0.399 e. The lowest BCUT2D eigenvalue weighted by molar-refractivity contribution is 0.660. The Hall–Kier alpha value is -1.75. The van der Waals surface area contributed by atoms with E-state index in [2.05, 4.69) is 15.3 Å². The smallest absolute Gasteiger partial charge is 0.133 e. The molecule has 0 unspecified atom stereocenters. The predicted molar refractivity (Wildman–Crippen MR) is 69.0 cm³/mol. The molecule has 6 heteroatoms. The number of nitrogens with zero attached hydrogens (tertiary/aromatic N) is 3. The Morgan fingerprint density at radius 3 is 3.00 bits per heavy atom. The molecule has 0 radical (unpaired) electrons. The highest BCUT2D eigenvalue weighted by molar-refractivity contribution is 6.29. The molecule has 0 amide bonds. The molecular formula is C11H14ClN5. The van der Waals surface area contributed by atoms with Gasteiger partial charge in [0.25, 0.3) is 0 Å². The molecule has 2 rings (SSSR count). The van der Waals surface area contributed by atoms with Crippen molar-refractivity contribution in [3.05, 3.63) is 36.0 Å². The summed E-state index contributed by atoms with van der Waals surface area (Å²) < 4.78 is 2.03. The maximum atomic E-state index is 5.80. The topological polar surface area (TPSA) is 68.8 Å². The number of halogens is 1. The van der Waals surface area contributed by atoms with Crippen molar-refractivity contribution in [1.82, 2.24) is 14.5 Å². The van der Waals surface area contributed by atoms with Gasteiger partial charge in [-0.2, -0.15) is 0 Å². The minimum Gasteiger partial charge on any atom is -0.399 e. The van der Waals surface area contributed by atoms with Gasteiger partial charge in [0.15, 0.2) is 0 Å². The first-order valence-corrected chi connectivity index (χ1v) is 5.74. The van der Waals surface area contributed by atoms with Crippen LogP contribution in [0, 0.1) is 0 Å². The Labute approximate surface area is 105 Å². The van der Waals surface area contributed by atoms with Crippen molar-refractivity contribution in [3.8, 4) is 0 Å². The third-order valence-corrected chi connectivity index (χ3v) is 2.47. The Balaban J connectivity index is 1.78. The molecule has 0 atom stereocenters. The van der Waals surface area contributed by atoms with Crippen LogP contribution in [-0.2, 0) is 6.54 Å². The monoisotopic (exact) mass is 251 g/mol. The fourth-order valence-corrected chi connectivity index (χ4v) is 1.72. The number of nitrogen functional groups attached to an aromatic ring is 1. The van der Waals surface area contributed by atoms with E-state index in [1.54, 1.807) is 24.7 Å². The summed E-state index contributed by atoms with van der Waals surface area (Å²) in [5, 5.41) is 3.58. The molecule has 2 aromatic rings. The Bertz CT molecular complexity index is 448. The number of nitrogens with one attached hydrogen (secondary N) is 1. The predicted octanol–water partition coefficient (Wildman–Crippen LogP) is 2.02. The van der Waals surface area contributed by atoms with E-state index in [9.17, 15) is 0 Å². The summed E-state index contributed by atoms with van der Waals surface area (Å²) in [6.07, 6.45) is 6.49. The number of aryl methyl sites for hydroxylation is 1. The van der Waals surface area contributed by atoms with Gasteiger partial charge in [0.1, 0.15) is 11.0 Å². The number of anilines is 2. The maximum absolute atomic E-state index is 5.80. The van der Waals surface area contributed by atoms with E-state index < -0.39 is 0 Å². The molecule has 2 aromatic heterocycles. The lowest BCUT2D eigenvalue weighted by atomic mass is 10.3. The highest BCUT2D eigenvalue weighted by Gasteiger charge is 1.98. The van der Waals surface area contributed by atoms with E-state index in [1.807, 2.05) is 10.8 Å². The highest BCUT2D eigenvalue weighted by Crippen LogP contribution is 2.15. The van der Waals surface area contributed by atoms with Gasteiger partial charge in [-0.25, -0.2) is 9.97 Å². The fraction of sp³-hybridized carbons (Fsp3) is 0.273. The Morgan fingerprint density at radius 2 is 2.29 bits per heavy atom. The summed E-state index contributed by atoms with van der Waals surface area (Å²) in [6.45, 7) is 1.73. The first kappa shape index (κ1) is 11.7. The van der Waals surface area contributed by atoms with Gasteiger partial charge in [0.2, 0.25) is 0 Å². The molecule has 90 valence electrons. The van der Waals surface area contributed by atoms with Crippen LogP contribution in [0.2, 0.25) is 5.15 Å². The Kier molecular flexibility index (Phi) is 3.82. The molecule has 0 aliphatic carbocycles. The summed E-state index contributed by atoms with van der Waals surface area (Å²) in [7, 11) is 0. The summed E-state index contributed by atoms with van der Waals surface area (Å²) >= 11 is 5.80. The number of hydrogen-bond acceptors (Lipinski definition) is 4. The average Bonchev–Trinajstić information content (AvgIpc) is 2.76. The van der Waals surface area contributed by atoms with Crippen LogP contribution in [-0.4, -0.2) is 21.1 Å². The van der Waals surface area contributed by atoms with Crippen molar-refractivity contribution < 1.29 is 0 Å². The summed E-state index contributed by atoms with van der Waals surface area (Å²) in [6, 6.07) is 3.39. The quantitative estimate of drug-likeness (QED) is 0.630. The molecular weight excluding hydrogens is 238 g/mol. The number of aromatic nitrogens is 3. The van der Waals surface area contributed by atoms with Crippen molar-refractivity contribution >= 4 is 23.1 Å². The minimum absolute atomic E-state index is 0.405. The molecule has 0 aromatic carbocycles. The number of nitrogens with two attached hydrogens (primary N) is 1. The van der Waals surface area contributed by atoms with Crippen LogP contribution < -0.4 is 11.1 Å². The summed E-state index contributed by atoms with van der Waals surface area (Å²) in [5.41, 5.74) is 6.28. The van der Waals surface area contributed by atoms with Gasteiger partial charge in [0.05, 0.1) is 6.33 Å². The fourth-order valence-electron chi connectivity index (χ4n) is 1.50. The number of imidazole rings is 1. The van der Waals surface area contributed by atoms with Gasteiger partial charge in [-0.15, -0.1) is 0 Å². The van der Waals surface area contributed by atoms with Crippen LogP contribution in [0.3, 0.4) is 0 Å². The average molecular weight is 252 g/mol. The van der Waals surface area contributed by atoms with E-state index in [1.165, 1.54) is 0 Å². The van der Waals surface area contributed by atoms with E-state index >= 15 is 0 Å². The lowest BCUT2D eigenvalue weighted by Crippen LogP contribution is -2.07. The molecule has 5 nitrogen and oxygen atoms in total. The second-order valence-corrected chi connectivity index (χ2v) is 4.08. The van der Waals surface area contributed by atoms with Crippen molar-refractivity contribution in [2.24, 2.45) is 0 Å². The zero-order valence-corrected chi connectivity index (χ0v) is 10.1. The third-order valence-electron chi connectivity index (χ3n) is 2.27. The van der Waals surface area contributed by atoms with Gasteiger partial charge in [-0.3, -0.25) is 0 Å². The van der Waals surface area contributed by atoms with E-state index in [0.29, 0.717) is 16.7 Å². The van der Waals surface area contributed by atoms with Crippen LogP contribution >= 0.6 is 11.6 Å². The van der Waals surface area contributed by atoms with Crippen LogP contribution in [0.4, 0.5) is 11.5 Å². The van der Waals surface area contributed by atoms with Crippen molar-refractivity contribution in [2.45, 2.75) is 13.0 Å². The molecule has 0 bridgehead atoms. The normalized spacial score (nSPS) is 10.4. The van der Waals surface area contributed by atoms with Gasteiger partial charge in [-0.1, -0.05) is 11.6 Å². The van der Waals surface area contributed by atoms with E-state index in [0.717, 1.165) is 19.5 Å². The summed E-state index contributed by atoms with van der Waals surface area (Å²) in [4.78, 5) is 8.10. The van der Waals surface area contributed by atoms with E-state index in [4.69, 9.17) is 17.3 Å². The third kappa shape index (κ3) is 3.64. The first-order valence-electron chi connectivity index (χ1n) is 5.37. The number of pyridine rings is 1. The Morgan fingerprint density at radius 1 is 1.41 bits per heavy atom. The van der Waals surface area contributed by atoms with E-state index in [-0.39, 0.29) is 0 Å². The van der Waals surface area contributed by atoms with Gasteiger partial charge in [-0.05, 0) is 12.5 Å². The number of rotatable bonds is 5. The lowest BCUT2D eigenvalue weighted by Gasteiger charge is -2.07. The van der Waals surface area contributed by atoms with Crippen molar-refractivity contribution in [1.29, 1.82) is 0 Å². The van der Waals surface area contributed by atoms with Gasteiger partial charge < -0.3 is 15.6 Å². The second kappa shape index (κ2) is 5.54. The molecule has 0 spiro atoms. The molecule has 0 aliphatic heterocycles. The molecule has 2 heterocycles. The maximum Gasteiger partial charge on any atom is 0.133 e. The van der Waals surface area contributed by atoms with Crippen LogP contribution in [0.15, 0.2) is 30.9 Å². The van der Waals surface area contributed by atoms with Crippen LogP contribution in [0.1, 0.15) is 6.42 Å². The van der Waals surface area contributed by atoms with Crippen molar-refractivity contribution in [2.75, 3.05) is 17.6 Å². The zero-order valence-electron chi connectivity index (χ0n) is 9.31. The summed E-state index contributed by atoms with van der Waals surface area (Å²) in [5.74, 6) is 0.709. The van der Waals surface area contributed by atoms with Crippen molar-refractivity contribution in [3.63, 3.8) is 0 Å². The molecule has 0 saturated carbocycles. The number of hydrogen-bond donors (Lipinski definition) is 2. The zero-order chi connectivity index (χ0) is 12.1. The first-order chi connectivity index (χ1) is 8.24. The van der Waals surface area contributed by atoms with Crippen LogP contribution in [0.5, 0.6) is 0 Å². The minimum atomic E-state index is 0.405. The SMILES string of the molecule is Nc1cc(Cl)nc(NCCCn2ccnc2)c1. The molecule has 3 N–H and O–H groups in total. The molecule has 0 fully saturated rings. The molecule has 17 heavy (non-hydrogen) atoms. The van der Waals surface area contributed by atoms with Gasteiger partial charge >= 0.3 is 0 Å². The van der Waals surface area contributed by atoms with Gasteiger partial charge in [0, 0.05) is 37.2 Å². The molecule has 0 aliphatic rings. The standard InChI is InChI=1S/C11H14ClN5/c12-10-6-9(13)7-11(16-10)15-2-1-4-17-5-3-14-8-17/h3,5-8H,1-2,4H2,(H3,13,15,16).